The number of hydrogen-bond donors (Lipinski definition) is 1. The van der Waals surface area contributed by atoms with Gasteiger partial charge in [0.25, 0.3) is 0 Å². The van der Waals surface area contributed by atoms with Crippen LogP contribution < -0.4 is 10.5 Å². The Hall–Kier alpha value is -0.580. The van der Waals surface area contributed by atoms with Crippen LogP contribution in [0.15, 0.2) is 22.7 Å². The van der Waals surface area contributed by atoms with Crippen molar-refractivity contribution in [3.8, 4) is 5.75 Å². The third kappa shape index (κ3) is 5.93. The lowest BCUT2D eigenvalue weighted by Crippen LogP contribution is -2.27. The van der Waals surface area contributed by atoms with Crippen molar-refractivity contribution in [2.75, 3.05) is 33.8 Å². The van der Waals surface area contributed by atoms with E-state index in [0.717, 1.165) is 42.7 Å². The first-order valence-electron chi connectivity index (χ1n) is 6.77. The molecule has 0 aliphatic carbocycles. The second-order valence-corrected chi connectivity index (χ2v) is 6.07. The second kappa shape index (κ2) is 8.56. The number of nitrogens with two attached hydrogens (primary N) is 1. The fraction of sp³-hybridized carbons (Fsp3) is 0.600. The first kappa shape index (κ1) is 16.5. The molecule has 0 bridgehead atoms. The molecule has 2 N–H and O–H groups in total. The van der Waals surface area contributed by atoms with Gasteiger partial charge in [-0.05, 0) is 56.1 Å². The zero-order valence-electron chi connectivity index (χ0n) is 12.2. The molecular formula is C15H25BrN2O. The molecule has 0 amide bonds. The van der Waals surface area contributed by atoms with E-state index in [1.165, 1.54) is 5.56 Å². The van der Waals surface area contributed by atoms with Gasteiger partial charge in [-0.15, -0.1) is 0 Å². The van der Waals surface area contributed by atoms with E-state index in [1.54, 1.807) is 7.11 Å². The van der Waals surface area contributed by atoms with E-state index in [9.17, 15) is 0 Å². The molecule has 1 aromatic carbocycles. The van der Waals surface area contributed by atoms with Crippen LogP contribution in [0.4, 0.5) is 0 Å². The Morgan fingerprint density at radius 1 is 1.42 bits per heavy atom. The predicted molar refractivity (Wildman–Crippen MR) is 84.7 cm³/mol. The fourth-order valence-electron chi connectivity index (χ4n) is 2.25. The molecule has 1 aromatic rings. The zero-order valence-corrected chi connectivity index (χ0v) is 13.7. The monoisotopic (exact) mass is 328 g/mol. The van der Waals surface area contributed by atoms with E-state index in [1.807, 2.05) is 12.1 Å². The van der Waals surface area contributed by atoms with Gasteiger partial charge in [-0.3, -0.25) is 0 Å². The largest absolute Gasteiger partial charge is 0.496 e. The van der Waals surface area contributed by atoms with Gasteiger partial charge in [0, 0.05) is 17.6 Å². The van der Waals surface area contributed by atoms with Crippen molar-refractivity contribution >= 4 is 15.9 Å². The van der Waals surface area contributed by atoms with Crippen molar-refractivity contribution < 1.29 is 4.74 Å². The Balaban J connectivity index is 2.49. The molecule has 3 nitrogen and oxygen atoms in total. The lowest BCUT2D eigenvalue weighted by atomic mass is 10.1. The molecule has 0 aromatic heterocycles. The summed E-state index contributed by atoms with van der Waals surface area (Å²) in [5, 5.41) is 0. The van der Waals surface area contributed by atoms with Gasteiger partial charge in [0.2, 0.25) is 0 Å². The highest BCUT2D eigenvalue weighted by atomic mass is 79.9. The molecule has 0 saturated carbocycles. The number of benzene rings is 1. The van der Waals surface area contributed by atoms with Crippen LogP contribution in [0, 0.1) is 5.92 Å². The van der Waals surface area contributed by atoms with Gasteiger partial charge in [-0.25, -0.2) is 0 Å². The lowest BCUT2D eigenvalue weighted by molar-refractivity contribution is 0.281. The van der Waals surface area contributed by atoms with Gasteiger partial charge in [0.05, 0.1) is 7.11 Å². The van der Waals surface area contributed by atoms with Gasteiger partial charge < -0.3 is 15.4 Å². The maximum Gasteiger partial charge on any atom is 0.122 e. The highest BCUT2D eigenvalue weighted by Gasteiger charge is 2.08. The van der Waals surface area contributed by atoms with Crippen LogP contribution in [0.2, 0.25) is 0 Å². The van der Waals surface area contributed by atoms with E-state index < -0.39 is 0 Å². The Kier molecular flexibility index (Phi) is 7.42. The molecule has 1 unspecified atom stereocenters. The Morgan fingerprint density at radius 2 is 2.16 bits per heavy atom. The summed E-state index contributed by atoms with van der Waals surface area (Å²) in [6, 6.07) is 6.15. The van der Waals surface area contributed by atoms with E-state index in [4.69, 9.17) is 10.5 Å². The molecule has 0 saturated heterocycles. The third-order valence-electron chi connectivity index (χ3n) is 3.29. The second-order valence-electron chi connectivity index (χ2n) is 5.15. The van der Waals surface area contributed by atoms with Crippen LogP contribution in [0.1, 0.15) is 18.9 Å². The summed E-state index contributed by atoms with van der Waals surface area (Å²) >= 11 is 3.51. The van der Waals surface area contributed by atoms with Crippen LogP contribution in [0.25, 0.3) is 0 Å². The maximum atomic E-state index is 5.58. The molecule has 108 valence electrons. The van der Waals surface area contributed by atoms with Gasteiger partial charge in [-0.1, -0.05) is 22.9 Å². The molecule has 0 radical (unpaired) electrons. The number of halogens is 1. The molecule has 0 aliphatic heterocycles. The van der Waals surface area contributed by atoms with Crippen molar-refractivity contribution in [2.24, 2.45) is 11.7 Å². The molecular weight excluding hydrogens is 304 g/mol. The van der Waals surface area contributed by atoms with E-state index in [-0.39, 0.29) is 0 Å². The summed E-state index contributed by atoms with van der Waals surface area (Å²) in [7, 11) is 3.89. The number of ether oxygens (including phenoxy) is 1. The summed E-state index contributed by atoms with van der Waals surface area (Å²) < 4.78 is 6.50. The number of likely N-dealkylation sites (N-methyl/N-ethyl adjacent to an activating group) is 1. The van der Waals surface area contributed by atoms with Gasteiger partial charge >= 0.3 is 0 Å². The third-order valence-corrected chi connectivity index (χ3v) is 3.78. The molecule has 1 rings (SSSR count). The number of methoxy groups -OCH3 is 1. The summed E-state index contributed by atoms with van der Waals surface area (Å²) in [5.41, 5.74) is 6.83. The predicted octanol–water partition coefficient (Wildman–Crippen LogP) is 2.92. The smallest absolute Gasteiger partial charge is 0.122 e. The average Bonchev–Trinajstić information content (AvgIpc) is 2.36. The van der Waals surface area contributed by atoms with Crippen LogP contribution in [0.3, 0.4) is 0 Å². The summed E-state index contributed by atoms with van der Waals surface area (Å²) in [6.07, 6.45) is 2.08. The number of hydrogen-bond acceptors (Lipinski definition) is 3. The summed E-state index contributed by atoms with van der Waals surface area (Å²) in [5.74, 6) is 1.62. The highest BCUT2D eigenvalue weighted by Crippen LogP contribution is 2.23. The minimum absolute atomic E-state index is 0.652. The van der Waals surface area contributed by atoms with Gasteiger partial charge in [0.15, 0.2) is 0 Å². The van der Waals surface area contributed by atoms with Crippen molar-refractivity contribution in [3.63, 3.8) is 0 Å². The summed E-state index contributed by atoms with van der Waals surface area (Å²) in [6.45, 7) is 5.15. The van der Waals surface area contributed by atoms with Crippen molar-refractivity contribution in [1.82, 2.24) is 4.90 Å². The van der Waals surface area contributed by atoms with E-state index >= 15 is 0 Å². The SMILES string of the molecule is COc1ccc(Br)cc1CCN(C)CC(C)CCN. The molecule has 0 heterocycles. The first-order valence-corrected chi connectivity index (χ1v) is 7.57. The molecule has 4 heteroatoms. The standard InChI is InChI=1S/C15H25BrN2O/c1-12(6-8-17)11-18(2)9-7-13-10-14(16)4-5-15(13)19-3/h4-5,10,12H,6-9,11,17H2,1-3H3. The first-order chi connectivity index (χ1) is 9.06. The van der Waals surface area contributed by atoms with Gasteiger partial charge in [0.1, 0.15) is 5.75 Å². The topological polar surface area (TPSA) is 38.5 Å². The van der Waals surface area contributed by atoms with Gasteiger partial charge in [-0.2, -0.15) is 0 Å². The van der Waals surface area contributed by atoms with Crippen LogP contribution >= 0.6 is 15.9 Å². The Bertz CT molecular complexity index is 384. The number of rotatable bonds is 8. The maximum absolute atomic E-state index is 5.58. The quantitative estimate of drug-likeness (QED) is 0.797. The van der Waals surface area contributed by atoms with Crippen molar-refractivity contribution in [1.29, 1.82) is 0 Å². The van der Waals surface area contributed by atoms with E-state index in [2.05, 4.69) is 40.9 Å². The van der Waals surface area contributed by atoms with E-state index in [0.29, 0.717) is 5.92 Å². The summed E-state index contributed by atoms with van der Waals surface area (Å²) in [4.78, 5) is 2.36. The number of nitrogens with zero attached hydrogens (tertiary/aromatic N) is 1. The molecule has 19 heavy (non-hydrogen) atoms. The Labute approximate surface area is 125 Å². The van der Waals surface area contributed by atoms with Crippen LogP contribution in [-0.4, -0.2) is 38.7 Å². The molecule has 0 spiro atoms. The zero-order chi connectivity index (χ0) is 14.3. The average molecular weight is 329 g/mol. The van der Waals surface area contributed by atoms with Crippen molar-refractivity contribution in [3.05, 3.63) is 28.2 Å². The highest BCUT2D eigenvalue weighted by molar-refractivity contribution is 9.10. The van der Waals surface area contributed by atoms with Crippen LogP contribution in [0.5, 0.6) is 5.75 Å². The minimum Gasteiger partial charge on any atom is -0.496 e. The normalized spacial score (nSPS) is 12.7. The minimum atomic E-state index is 0.652. The van der Waals surface area contributed by atoms with Crippen molar-refractivity contribution in [2.45, 2.75) is 19.8 Å². The lowest BCUT2D eigenvalue weighted by Gasteiger charge is -2.21. The van der Waals surface area contributed by atoms with Crippen LogP contribution in [-0.2, 0) is 6.42 Å². The fourth-order valence-corrected chi connectivity index (χ4v) is 2.66. The molecule has 0 aliphatic rings. The molecule has 1 atom stereocenters. The molecule has 0 fully saturated rings. The Morgan fingerprint density at radius 3 is 2.79 bits per heavy atom.